The van der Waals surface area contributed by atoms with Crippen LogP contribution in [0.3, 0.4) is 0 Å². The first kappa shape index (κ1) is 20.9. The maximum atomic E-state index is 12.1. The number of benzene rings is 1. The number of amides is 1. The van der Waals surface area contributed by atoms with Gasteiger partial charge in [-0.05, 0) is 37.6 Å². The second kappa shape index (κ2) is 9.48. The SMILES string of the molecule is COCC(C)(CC(=O)O)NC(=O)CCCc1nc(-c2ccc(Cl)cc2)no1. The van der Waals surface area contributed by atoms with Crippen molar-refractivity contribution in [2.24, 2.45) is 0 Å². The van der Waals surface area contributed by atoms with Crippen LogP contribution in [0.2, 0.25) is 5.02 Å². The van der Waals surface area contributed by atoms with Gasteiger partial charge in [-0.15, -0.1) is 0 Å². The number of hydrogen-bond donors (Lipinski definition) is 2. The molecule has 1 unspecified atom stereocenters. The van der Waals surface area contributed by atoms with Gasteiger partial charge in [-0.25, -0.2) is 0 Å². The van der Waals surface area contributed by atoms with Crippen molar-refractivity contribution >= 4 is 23.5 Å². The number of aliphatic carboxylic acids is 1. The van der Waals surface area contributed by atoms with Gasteiger partial charge in [0.15, 0.2) is 0 Å². The Kier molecular flexibility index (Phi) is 7.32. The Morgan fingerprint density at radius 1 is 1.33 bits per heavy atom. The molecular formula is C18H22ClN3O5. The number of carbonyl (C=O) groups excluding carboxylic acids is 1. The summed E-state index contributed by atoms with van der Waals surface area (Å²) in [6.45, 7) is 1.75. The van der Waals surface area contributed by atoms with Crippen LogP contribution in [0.1, 0.15) is 32.1 Å². The fourth-order valence-electron chi connectivity index (χ4n) is 2.66. The van der Waals surface area contributed by atoms with Gasteiger partial charge in [0.25, 0.3) is 0 Å². The maximum Gasteiger partial charge on any atom is 0.305 e. The molecule has 0 saturated heterocycles. The Hall–Kier alpha value is -2.45. The number of aromatic nitrogens is 2. The van der Waals surface area contributed by atoms with E-state index in [2.05, 4.69) is 15.5 Å². The van der Waals surface area contributed by atoms with Crippen molar-refractivity contribution in [2.45, 2.75) is 38.1 Å². The fourth-order valence-corrected chi connectivity index (χ4v) is 2.78. The number of ether oxygens (including phenoxy) is 1. The van der Waals surface area contributed by atoms with Crippen LogP contribution < -0.4 is 5.32 Å². The van der Waals surface area contributed by atoms with Gasteiger partial charge < -0.3 is 19.7 Å². The van der Waals surface area contributed by atoms with Crippen LogP contribution >= 0.6 is 11.6 Å². The van der Waals surface area contributed by atoms with E-state index in [1.807, 2.05) is 0 Å². The Bertz CT molecular complexity index is 778. The van der Waals surface area contributed by atoms with Gasteiger partial charge in [-0.3, -0.25) is 9.59 Å². The third-order valence-electron chi connectivity index (χ3n) is 3.81. The largest absolute Gasteiger partial charge is 0.481 e. The molecule has 0 spiro atoms. The van der Waals surface area contributed by atoms with Crippen molar-refractivity contribution in [3.05, 3.63) is 35.2 Å². The van der Waals surface area contributed by atoms with E-state index in [0.717, 1.165) is 5.56 Å². The zero-order valence-electron chi connectivity index (χ0n) is 15.2. The number of nitrogens with one attached hydrogen (secondary N) is 1. The summed E-state index contributed by atoms with van der Waals surface area (Å²) in [4.78, 5) is 27.4. The van der Waals surface area contributed by atoms with E-state index in [0.29, 0.717) is 29.6 Å². The summed E-state index contributed by atoms with van der Waals surface area (Å²) in [6.07, 6.45) is 0.913. The zero-order valence-corrected chi connectivity index (χ0v) is 16.0. The lowest BCUT2D eigenvalue weighted by Crippen LogP contribution is -2.50. The second-order valence-corrected chi connectivity index (χ2v) is 6.92. The monoisotopic (exact) mass is 395 g/mol. The van der Waals surface area contributed by atoms with Crippen molar-refractivity contribution in [2.75, 3.05) is 13.7 Å². The third kappa shape index (κ3) is 6.65. The fraction of sp³-hybridized carbons (Fsp3) is 0.444. The number of halogens is 1. The van der Waals surface area contributed by atoms with Crippen molar-refractivity contribution in [3.8, 4) is 11.4 Å². The second-order valence-electron chi connectivity index (χ2n) is 6.48. The Morgan fingerprint density at radius 3 is 2.67 bits per heavy atom. The van der Waals surface area contributed by atoms with Gasteiger partial charge >= 0.3 is 5.97 Å². The molecule has 27 heavy (non-hydrogen) atoms. The van der Waals surface area contributed by atoms with E-state index < -0.39 is 11.5 Å². The number of hydrogen-bond acceptors (Lipinski definition) is 6. The molecule has 1 aromatic carbocycles. The van der Waals surface area contributed by atoms with Gasteiger partial charge in [0, 0.05) is 30.5 Å². The predicted molar refractivity (Wildman–Crippen MR) is 98.4 cm³/mol. The molecule has 0 fully saturated rings. The highest BCUT2D eigenvalue weighted by Crippen LogP contribution is 2.19. The van der Waals surface area contributed by atoms with Gasteiger partial charge in [-0.1, -0.05) is 16.8 Å². The Morgan fingerprint density at radius 2 is 2.04 bits per heavy atom. The molecular weight excluding hydrogens is 374 g/mol. The average Bonchev–Trinajstić information content (AvgIpc) is 3.03. The van der Waals surface area contributed by atoms with E-state index in [-0.39, 0.29) is 25.4 Å². The van der Waals surface area contributed by atoms with Crippen molar-refractivity contribution in [3.63, 3.8) is 0 Å². The average molecular weight is 396 g/mol. The highest BCUT2D eigenvalue weighted by Gasteiger charge is 2.29. The zero-order chi connectivity index (χ0) is 19.9. The van der Waals surface area contributed by atoms with Gasteiger partial charge in [-0.2, -0.15) is 4.98 Å². The van der Waals surface area contributed by atoms with Crippen LogP contribution in [0.15, 0.2) is 28.8 Å². The maximum absolute atomic E-state index is 12.1. The summed E-state index contributed by atoms with van der Waals surface area (Å²) in [6, 6.07) is 7.07. The lowest BCUT2D eigenvalue weighted by molar-refractivity contribution is -0.139. The highest BCUT2D eigenvalue weighted by molar-refractivity contribution is 6.30. The summed E-state index contributed by atoms with van der Waals surface area (Å²) in [5.41, 5.74) is -0.166. The number of methoxy groups -OCH3 is 1. The van der Waals surface area contributed by atoms with Crippen molar-refractivity contribution < 1.29 is 24.0 Å². The molecule has 0 radical (unpaired) electrons. The van der Waals surface area contributed by atoms with E-state index in [1.54, 1.807) is 31.2 Å². The standard InChI is InChI=1S/C18H22ClN3O5/c1-18(11-26-2,10-16(24)25)21-14(23)4-3-5-15-20-17(22-27-15)12-6-8-13(19)9-7-12/h6-9H,3-5,10-11H2,1-2H3,(H,21,23)(H,24,25). The highest BCUT2D eigenvalue weighted by atomic mass is 35.5. The number of carboxylic acids is 1. The quantitative estimate of drug-likeness (QED) is 0.635. The molecule has 8 nitrogen and oxygen atoms in total. The van der Waals surface area contributed by atoms with E-state index in [4.69, 9.17) is 26.0 Å². The third-order valence-corrected chi connectivity index (χ3v) is 4.06. The first-order chi connectivity index (χ1) is 12.8. The normalized spacial score (nSPS) is 13.1. The molecule has 1 aromatic heterocycles. The van der Waals surface area contributed by atoms with Crippen LogP contribution in [-0.4, -0.2) is 46.4 Å². The lowest BCUT2D eigenvalue weighted by Gasteiger charge is -2.28. The molecule has 2 rings (SSSR count). The first-order valence-corrected chi connectivity index (χ1v) is 8.79. The van der Waals surface area contributed by atoms with Crippen LogP contribution in [-0.2, 0) is 20.7 Å². The van der Waals surface area contributed by atoms with Crippen molar-refractivity contribution in [1.82, 2.24) is 15.5 Å². The molecule has 1 amide bonds. The molecule has 2 N–H and O–H groups in total. The van der Waals surface area contributed by atoms with Crippen LogP contribution in [0.5, 0.6) is 0 Å². The van der Waals surface area contributed by atoms with Crippen LogP contribution in [0.4, 0.5) is 0 Å². The Balaban J connectivity index is 1.84. The van der Waals surface area contributed by atoms with E-state index in [9.17, 15) is 9.59 Å². The molecule has 2 aromatic rings. The van der Waals surface area contributed by atoms with Crippen LogP contribution in [0, 0.1) is 0 Å². The molecule has 0 aliphatic rings. The smallest absolute Gasteiger partial charge is 0.305 e. The van der Waals surface area contributed by atoms with Gasteiger partial charge in [0.1, 0.15) is 0 Å². The molecule has 0 aliphatic carbocycles. The van der Waals surface area contributed by atoms with E-state index in [1.165, 1.54) is 7.11 Å². The minimum atomic E-state index is -1.00. The number of rotatable bonds is 10. The predicted octanol–water partition coefficient (Wildman–Crippen LogP) is 2.71. The molecule has 9 heteroatoms. The first-order valence-electron chi connectivity index (χ1n) is 8.41. The minimum Gasteiger partial charge on any atom is -0.481 e. The number of carboxylic acid groups (broad SMARTS) is 1. The topological polar surface area (TPSA) is 115 Å². The van der Waals surface area contributed by atoms with E-state index >= 15 is 0 Å². The summed E-state index contributed by atoms with van der Waals surface area (Å²) < 4.78 is 10.2. The lowest BCUT2D eigenvalue weighted by atomic mass is 9.98. The molecule has 0 aliphatic heterocycles. The summed E-state index contributed by atoms with van der Waals surface area (Å²) in [5, 5.41) is 16.2. The molecule has 1 heterocycles. The molecule has 0 bridgehead atoms. The van der Waals surface area contributed by atoms with Gasteiger partial charge in [0.2, 0.25) is 17.6 Å². The van der Waals surface area contributed by atoms with Gasteiger partial charge in [0.05, 0.1) is 18.6 Å². The summed E-state index contributed by atoms with van der Waals surface area (Å²) in [7, 11) is 1.46. The number of carbonyl (C=O) groups is 2. The Labute approximate surface area is 161 Å². The summed E-state index contributed by atoms with van der Waals surface area (Å²) >= 11 is 5.85. The number of nitrogens with zero attached hydrogens (tertiary/aromatic N) is 2. The minimum absolute atomic E-state index is 0.110. The van der Waals surface area contributed by atoms with Crippen molar-refractivity contribution in [1.29, 1.82) is 0 Å². The molecule has 1 atom stereocenters. The molecule has 0 saturated carbocycles. The number of aryl methyl sites for hydroxylation is 1. The van der Waals surface area contributed by atoms with Crippen LogP contribution in [0.25, 0.3) is 11.4 Å². The molecule has 146 valence electrons. The summed E-state index contributed by atoms with van der Waals surface area (Å²) in [5.74, 6) is -0.373.